The van der Waals surface area contributed by atoms with Crippen LogP contribution in [0, 0.1) is 11.6 Å². The summed E-state index contributed by atoms with van der Waals surface area (Å²) in [7, 11) is 1.39. The van der Waals surface area contributed by atoms with Crippen LogP contribution in [-0.2, 0) is 6.61 Å². The number of benzene rings is 1. The summed E-state index contributed by atoms with van der Waals surface area (Å²) in [6, 6.07) is 4.47. The van der Waals surface area contributed by atoms with Gasteiger partial charge in [0.2, 0.25) is 0 Å². The molecule has 7 heteroatoms. The first-order valence-corrected chi connectivity index (χ1v) is 7.31. The van der Waals surface area contributed by atoms with Gasteiger partial charge in [0.15, 0.2) is 23.2 Å². The maximum Gasteiger partial charge on any atom is 0.318 e. The molecule has 0 aliphatic carbocycles. The van der Waals surface area contributed by atoms with Gasteiger partial charge >= 0.3 is 6.01 Å². The smallest absolute Gasteiger partial charge is 0.318 e. The average molecular weight is 323 g/mol. The minimum Gasteiger partial charge on any atom is -0.494 e. The first kappa shape index (κ1) is 16.9. The Kier molecular flexibility index (Phi) is 5.67. The largest absolute Gasteiger partial charge is 0.494 e. The van der Waals surface area contributed by atoms with Crippen molar-refractivity contribution in [1.82, 2.24) is 9.97 Å². The number of hydrogen-bond acceptors (Lipinski definition) is 5. The molecule has 0 N–H and O–H groups in total. The number of nitrogens with zero attached hydrogens (tertiary/aromatic N) is 3. The first-order chi connectivity index (χ1) is 11.1. The molecule has 0 radical (unpaired) electrons. The highest BCUT2D eigenvalue weighted by Gasteiger charge is 2.13. The fourth-order valence-electron chi connectivity index (χ4n) is 2.10. The van der Waals surface area contributed by atoms with E-state index >= 15 is 0 Å². The van der Waals surface area contributed by atoms with E-state index in [9.17, 15) is 8.78 Å². The van der Waals surface area contributed by atoms with Crippen LogP contribution in [0.4, 0.5) is 14.6 Å². The number of ether oxygens (including phenoxy) is 2. The molecule has 1 aromatic carbocycles. The molecule has 0 fully saturated rings. The summed E-state index contributed by atoms with van der Waals surface area (Å²) in [5.41, 5.74) is 0.695. The Balaban J connectivity index is 2.13. The van der Waals surface area contributed by atoms with Crippen molar-refractivity contribution in [1.29, 1.82) is 0 Å². The topological polar surface area (TPSA) is 47.5 Å². The van der Waals surface area contributed by atoms with E-state index in [1.807, 2.05) is 13.8 Å². The van der Waals surface area contributed by atoms with Gasteiger partial charge in [-0.2, -0.15) is 4.98 Å². The molecule has 2 aromatic rings. The molecule has 0 spiro atoms. The van der Waals surface area contributed by atoms with E-state index in [0.29, 0.717) is 18.7 Å². The van der Waals surface area contributed by atoms with Crippen LogP contribution in [0.2, 0.25) is 0 Å². The van der Waals surface area contributed by atoms with E-state index in [2.05, 4.69) is 9.97 Å². The van der Waals surface area contributed by atoms with Gasteiger partial charge in [-0.05, 0) is 31.5 Å². The van der Waals surface area contributed by atoms with Gasteiger partial charge in [0, 0.05) is 13.1 Å². The van der Waals surface area contributed by atoms with Crippen LogP contribution >= 0.6 is 0 Å². The van der Waals surface area contributed by atoms with E-state index in [1.165, 1.54) is 19.2 Å². The molecule has 0 bridgehead atoms. The van der Waals surface area contributed by atoms with Crippen molar-refractivity contribution in [2.24, 2.45) is 0 Å². The van der Waals surface area contributed by atoms with Crippen molar-refractivity contribution < 1.29 is 18.3 Å². The maximum atomic E-state index is 13.8. The number of rotatable bonds is 7. The van der Waals surface area contributed by atoms with E-state index < -0.39 is 11.6 Å². The van der Waals surface area contributed by atoms with Crippen molar-refractivity contribution in [2.75, 3.05) is 25.1 Å². The summed E-state index contributed by atoms with van der Waals surface area (Å²) in [6.07, 6.45) is 1.08. The van der Waals surface area contributed by atoms with Crippen LogP contribution in [0.5, 0.6) is 11.8 Å². The monoisotopic (exact) mass is 323 g/mol. The second-order valence-corrected chi connectivity index (χ2v) is 4.75. The molecule has 0 aliphatic heterocycles. The predicted molar refractivity (Wildman–Crippen MR) is 82.8 cm³/mol. The SMILES string of the molecule is CCN(CC)c1nc(OCc2ccc(F)c(OC)c2)ncc1F. The summed E-state index contributed by atoms with van der Waals surface area (Å²) in [4.78, 5) is 9.70. The summed E-state index contributed by atoms with van der Waals surface area (Å²) in [6.45, 7) is 5.20. The molecule has 0 unspecified atom stereocenters. The van der Waals surface area contributed by atoms with Crippen molar-refractivity contribution in [3.8, 4) is 11.8 Å². The fraction of sp³-hybridized carbons (Fsp3) is 0.375. The molecule has 0 saturated carbocycles. The zero-order valence-electron chi connectivity index (χ0n) is 13.3. The molecule has 23 heavy (non-hydrogen) atoms. The van der Waals surface area contributed by atoms with Crippen molar-refractivity contribution in [3.63, 3.8) is 0 Å². The van der Waals surface area contributed by atoms with Gasteiger partial charge in [0.25, 0.3) is 0 Å². The molecule has 1 aromatic heterocycles. The minimum absolute atomic E-state index is 0.0663. The van der Waals surface area contributed by atoms with Crippen LogP contribution in [0.15, 0.2) is 24.4 Å². The summed E-state index contributed by atoms with van der Waals surface area (Å²) >= 11 is 0. The zero-order valence-corrected chi connectivity index (χ0v) is 13.3. The molecule has 1 heterocycles. The van der Waals surface area contributed by atoms with Gasteiger partial charge < -0.3 is 14.4 Å². The third kappa shape index (κ3) is 4.06. The van der Waals surface area contributed by atoms with Gasteiger partial charge in [-0.25, -0.2) is 13.8 Å². The van der Waals surface area contributed by atoms with Gasteiger partial charge in [-0.1, -0.05) is 6.07 Å². The molecule has 2 rings (SSSR count). The lowest BCUT2D eigenvalue weighted by atomic mass is 10.2. The number of methoxy groups -OCH3 is 1. The lowest BCUT2D eigenvalue weighted by Gasteiger charge is -2.20. The first-order valence-electron chi connectivity index (χ1n) is 7.31. The highest BCUT2D eigenvalue weighted by Crippen LogP contribution is 2.21. The van der Waals surface area contributed by atoms with Crippen molar-refractivity contribution >= 4 is 5.82 Å². The van der Waals surface area contributed by atoms with Crippen molar-refractivity contribution in [3.05, 3.63) is 41.6 Å². The molecule has 0 atom stereocenters. The highest BCUT2D eigenvalue weighted by molar-refractivity contribution is 5.39. The van der Waals surface area contributed by atoms with Crippen LogP contribution in [0.25, 0.3) is 0 Å². The fourth-order valence-corrected chi connectivity index (χ4v) is 2.10. The molecule has 0 saturated heterocycles. The van der Waals surface area contributed by atoms with Crippen LogP contribution < -0.4 is 14.4 Å². The molecule has 0 aliphatic rings. The zero-order chi connectivity index (χ0) is 16.8. The van der Waals surface area contributed by atoms with Gasteiger partial charge in [-0.15, -0.1) is 0 Å². The van der Waals surface area contributed by atoms with E-state index in [-0.39, 0.29) is 24.2 Å². The van der Waals surface area contributed by atoms with E-state index in [0.717, 1.165) is 6.20 Å². The van der Waals surface area contributed by atoms with Crippen LogP contribution in [0.1, 0.15) is 19.4 Å². The van der Waals surface area contributed by atoms with Crippen LogP contribution in [-0.4, -0.2) is 30.2 Å². The third-order valence-electron chi connectivity index (χ3n) is 3.35. The van der Waals surface area contributed by atoms with E-state index in [1.54, 1.807) is 11.0 Å². The Hall–Kier alpha value is -2.44. The number of aromatic nitrogens is 2. The standard InChI is InChI=1S/C16H19F2N3O2/c1-4-21(5-2)15-13(18)9-19-16(20-15)23-10-11-6-7-12(17)14(8-11)22-3/h6-9H,4-5,10H2,1-3H3. The second-order valence-electron chi connectivity index (χ2n) is 4.75. The van der Waals surface area contributed by atoms with E-state index in [4.69, 9.17) is 9.47 Å². The summed E-state index contributed by atoms with van der Waals surface area (Å²) < 4.78 is 37.6. The van der Waals surface area contributed by atoms with Gasteiger partial charge in [0.05, 0.1) is 13.3 Å². The number of halogens is 2. The summed E-state index contributed by atoms with van der Waals surface area (Å²) in [5, 5.41) is 0. The number of hydrogen-bond donors (Lipinski definition) is 0. The second kappa shape index (κ2) is 7.71. The molecule has 5 nitrogen and oxygen atoms in total. The maximum absolute atomic E-state index is 13.8. The Bertz CT molecular complexity index is 664. The molecular weight excluding hydrogens is 304 g/mol. The molecular formula is C16H19F2N3O2. The van der Waals surface area contributed by atoms with Gasteiger partial charge in [-0.3, -0.25) is 0 Å². The molecule has 124 valence electrons. The highest BCUT2D eigenvalue weighted by atomic mass is 19.1. The Labute approximate surface area is 133 Å². The lowest BCUT2D eigenvalue weighted by Crippen LogP contribution is -2.24. The predicted octanol–water partition coefficient (Wildman–Crippen LogP) is 3.19. The summed E-state index contributed by atoms with van der Waals surface area (Å²) in [5.74, 6) is -0.603. The van der Waals surface area contributed by atoms with Gasteiger partial charge in [0.1, 0.15) is 6.61 Å². The van der Waals surface area contributed by atoms with Crippen molar-refractivity contribution in [2.45, 2.75) is 20.5 Å². The lowest BCUT2D eigenvalue weighted by molar-refractivity contribution is 0.278. The quantitative estimate of drug-likeness (QED) is 0.783. The average Bonchev–Trinajstić information content (AvgIpc) is 2.57. The minimum atomic E-state index is -0.496. The number of anilines is 1. The Morgan fingerprint density at radius 1 is 1.13 bits per heavy atom. The Morgan fingerprint density at radius 3 is 2.52 bits per heavy atom. The van der Waals surface area contributed by atoms with Crippen LogP contribution in [0.3, 0.4) is 0 Å². The Morgan fingerprint density at radius 2 is 1.87 bits per heavy atom. The molecule has 0 amide bonds. The third-order valence-corrected chi connectivity index (χ3v) is 3.35. The normalized spacial score (nSPS) is 10.5.